The Bertz CT molecular complexity index is 311. The van der Waals surface area contributed by atoms with Crippen LogP contribution in [0.25, 0.3) is 0 Å². The van der Waals surface area contributed by atoms with Gasteiger partial charge in [-0.2, -0.15) is 0 Å². The van der Waals surface area contributed by atoms with E-state index in [9.17, 15) is 4.79 Å². The quantitative estimate of drug-likeness (QED) is 0.701. The van der Waals surface area contributed by atoms with E-state index in [1.165, 1.54) is 11.3 Å². The second-order valence-electron chi connectivity index (χ2n) is 2.78. The number of hydrazine groups is 1. The molecule has 0 fully saturated rings. The Hall–Kier alpha value is -1.21. The molecule has 1 amide bonds. The second-order valence-corrected chi connectivity index (χ2v) is 3.76. The smallest absolute Gasteiger partial charge is 0.296 e. The molecule has 1 aromatic rings. The molecule has 14 heavy (non-hydrogen) atoms. The number of hydrogen-bond donors (Lipinski definition) is 2. The van der Waals surface area contributed by atoms with Crippen LogP contribution < -0.4 is 10.7 Å². The van der Waals surface area contributed by atoms with Gasteiger partial charge in [-0.3, -0.25) is 10.2 Å². The van der Waals surface area contributed by atoms with Gasteiger partial charge in [-0.05, 0) is 6.92 Å². The number of anilines is 1. The van der Waals surface area contributed by atoms with Crippen molar-refractivity contribution in [2.24, 2.45) is 0 Å². The highest BCUT2D eigenvalue weighted by Crippen LogP contribution is 2.14. The Kier molecular flexibility index (Phi) is 3.78. The molecule has 1 heterocycles. The van der Waals surface area contributed by atoms with Gasteiger partial charge in [-0.1, -0.05) is 11.3 Å². The summed E-state index contributed by atoms with van der Waals surface area (Å²) in [6.45, 7) is 2.73. The summed E-state index contributed by atoms with van der Waals surface area (Å²) in [4.78, 5) is 11.4. The minimum absolute atomic E-state index is 0.239. The largest absolute Gasteiger partial charge is 0.360 e. The van der Waals surface area contributed by atoms with E-state index in [0.29, 0.717) is 10.1 Å². The molecular weight excluding hydrogens is 202 g/mol. The molecule has 78 valence electrons. The summed E-state index contributed by atoms with van der Waals surface area (Å²) >= 11 is 1.24. The molecule has 1 rings (SSSR count). The lowest BCUT2D eigenvalue weighted by atomic mass is 10.7. The van der Waals surface area contributed by atoms with E-state index < -0.39 is 0 Å². The lowest BCUT2D eigenvalue weighted by molar-refractivity contribution is 0.0856. The average Bonchev–Trinajstić information content (AvgIpc) is 2.52. The van der Waals surface area contributed by atoms with Crippen molar-refractivity contribution in [1.29, 1.82) is 0 Å². The van der Waals surface area contributed by atoms with E-state index in [0.717, 1.165) is 6.54 Å². The summed E-state index contributed by atoms with van der Waals surface area (Å²) in [6.07, 6.45) is 0. The van der Waals surface area contributed by atoms with Crippen molar-refractivity contribution in [1.82, 2.24) is 20.6 Å². The maximum absolute atomic E-state index is 11.4. The Morgan fingerprint density at radius 2 is 2.21 bits per heavy atom. The normalized spacial score (nSPS) is 10.3. The third-order valence-corrected chi connectivity index (χ3v) is 2.15. The molecule has 7 heteroatoms. The lowest BCUT2D eigenvalue weighted by Crippen LogP contribution is -2.36. The number of hydrogen-bond acceptors (Lipinski definition) is 6. The van der Waals surface area contributed by atoms with Crippen molar-refractivity contribution in [3.8, 4) is 0 Å². The van der Waals surface area contributed by atoms with Gasteiger partial charge in [0.1, 0.15) is 0 Å². The molecule has 0 bridgehead atoms. The number of nitrogens with zero attached hydrogens (tertiary/aromatic N) is 3. The maximum atomic E-state index is 11.4. The third kappa shape index (κ3) is 2.93. The van der Waals surface area contributed by atoms with Crippen LogP contribution in [0.15, 0.2) is 0 Å². The van der Waals surface area contributed by atoms with Crippen molar-refractivity contribution < 1.29 is 4.79 Å². The van der Waals surface area contributed by atoms with Gasteiger partial charge in [-0.15, -0.1) is 10.2 Å². The predicted octanol–water partition coefficient (Wildman–Crippen LogP) is 0.176. The van der Waals surface area contributed by atoms with Crippen molar-refractivity contribution in [3.63, 3.8) is 0 Å². The zero-order valence-corrected chi connectivity index (χ0v) is 9.18. The van der Waals surface area contributed by atoms with Gasteiger partial charge < -0.3 is 5.32 Å². The van der Waals surface area contributed by atoms with Crippen molar-refractivity contribution >= 4 is 22.4 Å². The number of carbonyl (C=O) groups excluding carboxylic acids is 1. The monoisotopic (exact) mass is 215 g/mol. The molecule has 0 aliphatic rings. The predicted molar refractivity (Wildman–Crippen MR) is 55.2 cm³/mol. The van der Waals surface area contributed by atoms with Crippen molar-refractivity contribution in [2.45, 2.75) is 6.92 Å². The van der Waals surface area contributed by atoms with E-state index in [-0.39, 0.29) is 5.91 Å². The first-order valence-corrected chi connectivity index (χ1v) is 5.00. The zero-order chi connectivity index (χ0) is 10.6. The molecule has 0 atom stereocenters. The molecule has 0 unspecified atom stereocenters. The minimum Gasteiger partial charge on any atom is -0.360 e. The zero-order valence-electron chi connectivity index (χ0n) is 8.37. The van der Waals surface area contributed by atoms with E-state index >= 15 is 0 Å². The van der Waals surface area contributed by atoms with Gasteiger partial charge in [0, 0.05) is 20.6 Å². The van der Waals surface area contributed by atoms with Crippen molar-refractivity contribution in [2.75, 3.05) is 26.0 Å². The highest BCUT2D eigenvalue weighted by molar-refractivity contribution is 7.17. The van der Waals surface area contributed by atoms with E-state index in [1.807, 2.05) is 6.92 Å². The van der Waals surface area contributed by atoms with Gasteiger partial charge in [0.25, 0.3) is 5.91 Å². The number of amides is 1. The summed E-state index contributed by atoms with van der Waals surface area (Å²) in [5.41, 5.74) is 2.59. The summed E-state index contributed by atoms with van der Waals surface area (Å²) in [5, 5.41) is 13.1. The topological polar surface area (TPSA) is 70.1 Å². The lowest BCUT2D eigenvalue weighted by Gasteiger charge is -2.08. The first-order valence-electron chi connectivity index (χ1n) is 4.19. The minimum atomic E-state index is -0.239. The van der Waals surface area contributed by atoms with Crippen LogP contribution in [-0.4, -0.2) is 41.8 Å². The molecule has 0 radical (unpaired) electrons. The van der Waals surface area contributed by atoms with Gasteiger partial charge >= 0.3 is 0 Å². The van der Waals surface area contributed by atoms with Crippen LogP contribution >= 0.6 is 11.3 Å². The van der Waals surface area contributed by atoms with Crippen LogP contribution in [0.2, 0.25) is 0 Å². The van der Waals surface area contributed by atoms with E-state index in [4.69, 9.17) is 0 Å². The van der Waals surface area contributed by atoms with Crippen LogP contribution in [0.5, 0.6) is 0 Å². The van der Waals surface area contributed by atoms with Crippen LogP contribution in [0.4, 0.5) is 5.13 Å². The molecule has 2 N–H and O–H groups in total. The molecule has 0 spiro atoms. The molecule has 0 aliphatic heterocycles. The summed E-state index contributed by atoms with van der Waals surface area (Å²) in [6, 6.07) is 0. The number of aromatic nitrogens is 2. The van der Waals surface area contributed by atoms with E-state index in [1.54, 1.807) is 19.1 Å². The molecule has 1 aromatic heterocycles. The number of nitrogens with one attached hydrogen (secondary N) is 2. The Balaban J connectivity index is 2.62. The van der Waals surface area contributed by atoms with Crippen LogP contribution in [0.3, 0.4) is 0 Å². The Morgan fingerprint density at radius 1 is 1.50 bits per heavy atom. The summed E-state index contributed by atoms with van der Waals surface area (Å²) < 4.78 is 0. The number of rotatable bonds is 4. The maximum Gasteiger partial charge on any atom is 0.296 e. The number of carbonyl (C=O) groups is 1. The van der Waals surface area contributed by atoms with Gasteiger partial charge in [-0.25, -0.2) is 5.01 Å². The molecule has 0 aromatic carbocycles. The van der Waals surface area contributed by atoms with Gasteiger partial charge in [0.15, 0.2) is 0 Å². The fraction of sp³-hybridized carbons (Fsp3) is 0.571. The first kappa shape index (κ1) is 10.9. The van der Waals surface area contributed by atoms with Crippen LogP contribution in [0, 0.1) is 0 Å². The average molecular weight is 215 g/mol. The first-order chi connectivity index (χ1) is 6.63. The fourth-order valence-electron chi connectivity index (χ4n) is 0.789. The fourth-order valence-corrected chi connectivity index (χ4v) is 1.49. The molecule has 6 nitrogen and oxygen atoms in total. The highest BCUT2D eigenvalue weighted by atomic mass is 32.1. The van der Waals surface area contributed by atoms with Crippen LogP contribution in [0.1, 0.15) is 16.7 Å². The second kappa shape index (κ2) is 4.87. The van der Waals surface area contributed by atoms with E-state index in [2.05, 4.69) is 20.9 Å². The molecule has 0 aliphatic carbocycles. The van der Waals surface area contributed by atoms with Crippen molar-refractivity contribution in [3.05, 3.63) is 5.01 Å². The van der Waals surface area contributed by atoms with Gasteiger partial charge in [0.2, 0.25) is 10.1 Å². The molecule has 0 saturated heterocycles. The highest BCUT2D eigenvalue weighted by Gasteiger charge is 2.12. The Labute approximate surface area is 86.3 Å². The SMILES string of the molecule is CCNc1nnc(C(=O)NN(C)C)s1. The standard InChI is InChI=1S/C7H13N5OS/c1-4-8-7-10-9-6(14-7)5(13)11-12(2)3/h4H2,1-3H3,(H,8,10)(H,11,13). The third-order valence-electron chi connectivity index (χ3n) is 1.27. The molecular formula is C7H13N5OS. The van der Waals surface area contributed by atoms with Crippen LogP contribution in [-0.2, 0) is 0 Å². The summed E-state index contributed by atoms with van der Waals surface area (Å²) in [5.74, 6) is -0.239. The van der Waals surface area contributed by atoms with Gasteiger partial charge in [0.05, 0.1) is 0 Å². The Morgan fingerprint density at radius 3 is 2.79 bits per heavy atom. The summed E-state index contributed by atoms with van der Waals surface area (Å²) in [7, 11) is 3.48. The molecule has 0 saturated carbocycles.